The molecule has 0 atom stereocenters. The van der Waals surface area contributed by atoms with Gasteiger partial charge in [-0.05, 0) is 75.5 Å². The van der Waals surface area contributed by atoms with Gasteiger partial charge in [0.15, 0.2) is 0 Å². The molecule has 4 aromatic rings. The summed E-state index contributed by atoms with van der Waals surface area (Å²) in [6.07, 6.45) is -3.72. The zero-order chi connectivity index (χ0) is 25.0. The van der Waals surface area contributed by atoms with Crippen molar-refractivity contribution >= 4 is 5.69 Å². The van der Waals surface area contributed by atoms with Gasteiger partial charge >= 0.3 is 6.18 Å². The molecule has 0 aromatic heterocycles. The zero-order valence-corrected chi connectivity index (χ0v) is 19.8. The van der Waals surface area contributed by atoms with E-state index in [2.05, 4.69) is 42.5 Å². The predicted molar refractivity (Wildman–Crippen MR) is 135 cm³/mol. The number of hydrogen-bond donors (Lipinski definition) is 1. The first-order valence-electron chi connectivity index (χ1n) is 11.5. The highest BCUT2D eigenvalue weighted by molar-refractivity contribution is 5.85. The zero-order valence-electron chi connectivity index (χ0n) is 19.8. The summed E-state index contributed by atoms with van der Waals surface area (Å²) in [7, 11) is 0. The summed E-state index contributed by atoms with van der Waals surface area (Å²) in [5.74, 6) is 0.133. The monoisotopic (exact) mass is 473 g/mol. The van der Waals surface area contributed by atoms with Crippen LogP contribution in [-0.4, -0.2) is 0 Å². The molecule has 0 amide bonds. The second-order valence-electron chi connectivity index (χ2n) is 9.98. The summed E-state index contributed by atoms with van der Waals surface area (Å²) < 4.78 is 46.9. The van der Waals surface area contributed by atoms with Crippen LogP contribution in [0.1, 0.15) is 43.0 Å². The summed E-state index contributed by atoms with van der Waals surface area (Å²) in [5.41, 5.74) is 12.4. The fraction of sp³-hybridized carbons (Fsp3) is 0.200. The lowest BCUT2D eigenvalue weighted by atomic mass is 9.84. The maximum Gasteiger partial charge on any atom is 0.420 e. The van der Waals surface area contributed by atoms with Crippen molar-refractivity contribution < 1.29 is 17.9 Å². The molecule has 2 N–H and O–H groups in total. The smallest absolute Gasteiger partial charge is 0.420 e. The molecule has 1 aliphatic carbocycles. The average molecular weight is 474 g/mol. The van der Waals surface area contributed by atoms with Gasteiger partial charge in [-0.15, -0.1) is 0 Å². The molecular weight excluding hydrogens is 447 g/mol. The lowest BCUT2D eigenvalue weighted by Crippen LogP contribution is -2.14. The van der Waals surface area contributed by atoms with Crippen LogP contribution in [0, 0.1) is 0 Å². The number of ether oxygens (including phenoxy) is 1. The molecule has 0 aliphatic heterocycles. The van der Waals surface area contributed by atoms with Gasteiger partial charge in [0.2, 0.25) is 0 Å². The van der Waals surface area contributed by atoms with Crippen molar-refractivity contribution in [2.24, 2.45) is 0 Å². The van der Waals surface area contributed by atoms with Crippen molar-refractivity contribution in [3.8, 4) is 33.8 Å². The number of fused-ring (bicyclic) bond motifs is 3. The van der Waals surface area contributed by atoms with E-state index in [1.165, 1.54) is 34.4 Å². The first-order valence-corrected chi connectivity index (χ1v) is 11.5. The Labute approximate surface area is 203 Å². The van der Waals surface area contributed by atoms with Crippen molar-refractivity contribution in [3.63, 3.8) is 0 Å². The summed E-state index contributed by atoms with van der Waals surface area (Å²) in [6.45, 7) is 6.08. The number of hydrogen-bond acceptors (Lipinski definition) is 2. The third-order valence-corrected chi connectivity index (χ3v) is 6.48. The standard InChI is InChI=1S/C30H26F3NO/c1-29(2,3)25-16-19(22-9-6-10-23-21-8-5-4-7-18(21)15-24(22)23)11-13-27(25)35-28-14-12-20(34)17-26(28)30(31,32)33/h4-14,16-17H,15,34H2,1-3H3. The molecule has 2 nitrogen and oxygen atoms in total. The Morgan fingerprint density at radius 3 is 2.11 bits per heavy atom. The van der Waals surface area contributed by atoms with Gasteiger partial charge in [-0.1, -0.05) is 69.3 Å². The summed E-state index contributed by atoms with van der Waals surface area (Å²) in [6, 6.07) is 24.1. The summed E-state index contributed by atoms with van der Waals surface area (Å²) in [5, 5.41) is 0. The average Bonchev–Trinajstić information content (AvgIpc) is 3.18. The topological polar surface area (TPSA) is 35.2 Å². The predicted octanol–water partition coefficient (Wildman–Crippen LogP) is 8.62. The van der Waals surface area contributed by atoms with Crippen LogP contribution in [-0.2, 0) is 18.0 Å². The fourth-order valence-corrected chi connectivity index (χ4v) is 4.78. The molecule has 0 saturated carbocycles. The maximum atomic E-state index is 13.7. The van der Waals surface area contributed by atoms with Gasteiger partial charge in [-0.25, -0.2) is 0 Å². The minimum Gasteiger partial charge on any atom is -0.456 e. The van der Waals surface area contributed by atoms with Crippen LogP contribution in [0.3, 0.4) is 0 Å². The van der Waals surface area contributed by atoms with Crippen LogP contribution in [0.15, 0.2) is 78.9 Å². The van der Waals surface area contributed by atoms with Gasteiger partial charge in [0.05, 0.1) is 0 Å². The highest BCUT2D eigenvalue weighted by Gasteiger charge is 2.35. The Morgan fingerprint density at radius 2 is 1.37 bits per heavy atom. The summed E-state index contributed by atoms with van der Waals surface area (Å²) >= 11 is 0. The van der Waals surface area contributed by atoms with E-state index in [4.69, 9.17) is 10.5 Å². The Bertz CT molecular complexity index is 1430. The van der Waals surface area contributed by atoms with Gasteiger partial charge in [0.1, 0.15) is 17.1 Å². The van der Waals surface area contributed by atoms with Crippen molar-refractivity contribution in [1.29, 1.82) is 0 Å². The van der Waals surface area contributed by atoms with E-state index in [1.54, 1.807) is 6.07 Å². The van der Waals surface area contributed by atoms with E-state index < -0.39 is 11.7 Å². The van der Waals surface area contributed by atoms with Crippen molar-refractivity contribution in [2.75, 3.05) is 5.73 Å². The minimum atomic E-state index is -4.58. The number of rotatable bonds is 3. The molecule has 178 valence electrons. The number of halogens is 3. The lowest BCUT2D eigenvalue weighted by molar-refractivity contribution is -0.138. The number of alkyl halides is 3. The molecule has 5 rings (SSSR count). The van der Waals surface area contributed by atoms with Crippen molar-refractivity contribution in [1.82, 2.24) is 0 Å². The van der Waals surface area contributed by atoms with E-state index in [-0.39, 0.29) is 16.9 Å². The molecule has 0 fully saturated rings. The van der Waals surface area contributed by atoms with Gasteiger partial charge in [-0.3, -0.25) is 0 Å². The molecule has 0 spiro atoms. The Hall–Kier alpha value is -3.73. The molecule has 35 heavy (non-hydrogen) atoms. The van der Waals surface area contributed by atoms with Crippen LogP contribution >= 0.6 is 0 Å². The Kier molecular flexibility index (Phi) is 5.39. The summed E-state index contributed by atoms with van der Waals surface area (Å²) in [4.78, 5) is 0. The highest BCUT2D eigenvalue weighted by atomic mass is 19.4. The van der Waals surface area contributed by atoms with Gasteiger partial charge in [0.25, 0.3) is 0 Å². The number of benzene rings is 4. The molecule has 4 aromatic carbocycles. The van der Waals surface area contributed by atoms with Gasteiger partial charge in [-0.2, -0.15) is 13.2 Å². The van der Waals surface area contributed by atoms with E-state index in [0.717, 1.165) is 29.2 Å². The molecule has 1 aliphatic rings. The van der Waals surface area contributed by atoms with Crippen LogP contribution in [0.5, 0.6) is 11.5 Å². The second kappa shape index (κ2) is 8.19. The van der Waals surface area contributed by atoms with Gasteiger partial charge < -0.3 is 10.5 Å². The van der Waals surface area contributed by atoms with E-state index >= 15 is 0 Å². The quantitative estimate of drug-likeness (QED) is 0.266. The first kappa shape index (κ1) is 23.0. The third-order valence-electron chi connectivity index (χ3n) is 6.48. The van der Waals surface area contributed by atoms with Crippen LogP contribution < -0.4 is 10.5 Å². The molecule has 0 radical (unpaired) electrons. The van der Waals surface area contributed by atoms with Crippen LogP contribution in [0.4, 0.5) is 18.9 Å². The van der Waals surface area contributed by atoms with E-state index in [9.17, 15) is 13.2 Å². The Morgan fingerprint density at radius 1 is 0.714 bits per heavy atom. The first-order chi connectivity index (χ1) is 16.5. The number of anilines is 1. The lowest BCUT2D eigenvalue weighted by Gasteiger charge is -2.25. The normalized spacial score (nSPS) is 12.9. The largest absolute Gasteiger partial charge is 0.456 e. The highest BCUT2D eigenvalue weighted by Crippen LogP contribution is 2.45. The Balaban J connectivity index is 1.60. The van der Waals surface area contributed by atoms with Crippen LogP contribution in [0.25, 0.3) is 22.3 Å². The molecule has 0 heterocycles. The SMILES string of the molecule is CC(C)(C)c1cc(-c2cccc3c2Cc2ccccc2-3)ccc1Oc1ccc(N)cc1C(F)(F)F. The fourth-order valence-electron chi connectivity index (χ4n) is 4.78. The van der Waals surface area contributed by atoms with E-state index in [1.807, 2.05) is 32.9 Å². The third kappa shape index (κ3) is 4.27. The van der Waals surface area contributed by atoms with Gasteiger partial charge in [0, 0.05) is 11.3 Å². The molecule has 0 bridgehead atoms. The maximum absolute atomic E-state index is 13.7. The van der Waals surface area contributed by atoms with Crippen LogP contribution in [0.2, 0.25) is 0 Å². The molecule has 0 unspecified atom stereocenters. The van der Waals surface area contributed by atoms with Crippen molar-refractivity contribution in [2.45, 2.75) is 38.8 Å². The minimum absolute atomic E-state index is 0.0370. The second-order valence-corrected chi connectivity index (χ2v) is 9.98. The number of nitrogens with two attached hydrogens (primary N) is 1. The molecule has 5 heteroatoms. The van der Waals surface area contributed by atoms with E-state index in [0.29, 0.717) is 5.75 Å². The van der Waals surface area contributed by atoms with Crippen molar-refractivity contribution in [3.05, 3.63) is 101 Å². The number of nitrogen functional groups attached to an aromatic ring is 1. The molecule has 0 saturated heterocycles. The molecular formula is C30H26F3NO.